The van der Waals surface area contributed by atoms with Crippen molar-refractivity contribution in [2.24, 2.45) is 5.92 Å². The van der Waals surface area contributed by atoms with Gasteiger partial charge in [-0.15, -0.1) is 0 Å². The van der Waals surface area contributed by atoms with Gasteiger partial charge < -0.3 is 14.7 Å². The van der Waals surface area contributed by atoms with Crippen molar-refractivity contribution < 1.29 is 19.4 Å². The van der Waals surface area contributed by atoms with Gasteiger partial charge in [0.15, 0.2) is 0 Å². The van der Waals surface area contributed by atoms with Gasteiger partial charge in [0.25, 0.3) is 0 Å². The number of benzene rings is 1. The highest BCUT2D eigenvalue weighted by Gasteiger charge is 2.32. The minimum Gasteiger partial charge on any atom is -0.488 e. The van der Waals surface area contributed by atoms with Crippen molar-refractivity contribution in [3.63, 3.8) is 0 Å². The lowest BCUT2D eigenvalue weighted by Gasteiger charge is -2.19. The van der Waals surface area contributed by atoms with E-state index in [4.69, 9.17) is 21.4 Å². The lowest BCUT2D eigenvalue weighted by atomic mass is 10.1. The number of hydrogen-bond donors (Lipinski definition) is 1. The molecule has 1 heterocycles. The van der Waals surface area contributed by atoms with E-state index in [1.54, 1.807) is 24.3 Å². The lowest BCUT2D eigenvalue weighted by Crippen LogP contribution is -2.37. The molecular formula is C14H16ClNO4. The molecule has 1 fully saturated rings. The molecule has 2 rings (SSSR count). The summed E-state index contributed by atoms with van der Waals surface area (Å²) in [4.78, 5) is 24.3. The van der Waals surface area contributed by atoms with Crippen LogP contribution in [0, 0.1) is 5.92 Å². The van der Waals surface area contributed by atoms with Crippen LogP contribution in [0.1, 0.15) is 13.3 Å². The molecule has 108 valence electrons. The second-order valence-corrected chi connectivity index (χ2v) is 5.27. The molecule has 1 saturated heterocycles. The fourth-order valence-electron chi connectivity index (χ4n) is 2.14. The van der Waals surface area contributed by atoms with Crippen molar-refractivity contribution in [2.75, 3.05) is 13.1 Å². The molecule has 0 spiro atoms. The molecule has 1 amide bonds. The molecule has 0 bridgehead atoms. The summed E-state index contributed by atoms with van der Waals surface area (Å²) in [5, 5.41) is 9.44. The first-order valence-electron chi connectivity index (χ1n) is 6.41. The Balaban J connectivity index is 1.92. The number of amides is 1. The molecule has 0 radical (unpaired) electrons. The first-order valence-corrected chi connectivity index (χ1v) is 6.79. The van der Waals surface area contributed by atoms with Crippen molar-refractivity contribution in [3.8, 4) is 5.75 Å². The molecule has 1 N–H and O–H groups in total. The first-order chi connectivity index (χ1) is 9.47. The highest BCUT2D eigenvalue weighted by molar-refractivity contribution is 6.30. The molecular weight excluding hydrogens is 282 g/mol. The van der Waals surface area contributed by atoms with Gasteiger partial charge in [-0.3, -0.25) is 9.59 Å². The van der Waals surface area contributed by atoms with Gasteiger partial charge in [-0.05, 0) is 25.1 Å². The van der Waals surface area contributed by atoms with Crippen LogP contribution in [0.25, 0.3) is 0 Å². The van der Waals surface area contributed by atoms with Crippen LogP contribution in [0.4, 0.5) is 0 Å². The highest BCUT2D eigenvalue weighted by atomic mass is 35.5. The van der Waals surface area contributed by atoms with E-state index in [1.165, 1.54) is 11.8 Å². The molecule has 20 heavy (non-hydrogen) atoms. The number of rotatable bonds is 4. The second kappa shape index (κ2) is 6.13. The maximum absolute atomic E-state index is 11.9. The summed E-state index contributed by atoms with van der Waals surface area (Å²) < 4.78 is 5.75. The topological polar surface area (TPSA) is 66.8 Å². The maximum atomic E-state index is 11.9. The zero-order chi connectivity index (χ0) is 14.7. The van der Waals surface area contributed by atoms with Crippen molar-refractivity contribution in [1.29, 1.82) is 0 Å². The number of carbonyl (C=O) groups excluding carboxylic acids is 1. The summed E-state index contributed by atoms with van der Waals surface area (Å²) in [5.74, 6) is -1.83. The fourth-order valence-corrected chi connectivity index (χ4v) is 2.32. The highest BCUT2D eigenvalue weighted by Crippen LogP contribution is 2.22. The van der Waals surface area contributed by atoms with Crippen molar-refractivity contribution in [2.45, 2.75) is 19.4 Å². The Kier molecular flexibility index (Phi) is 4.49. The van der Waals surface area contributed by atoms with Crippen molar-refractivity contribution >= 4 is 23.5 Å². The molecule has 5 nitrogen and oxygen atoms in total. The predicted molar refractivity (Wildman–Crippen MR) is 73.9 cm³/mol. The van der Waals surface area contributed by atoms with Crippen LogP contribution in [0.2, 0.25) is 5.02 Å². The summed E-state index contributed by atoms with van der Waals surface area (Å²) in [5.41, 5.74) is 0. The molecule has 2 unspecified atom stereocenters. The molecule has 2 atom stereocenters. The molecule has 1 aliphatic heterocycles. The molecule has 6 heteroatoms. The number of nitrogens with zero attached hydrogens (tertiary/aromatic N) is 1. The number of carbonyl (C=O) groups is 2. The Hall–Kier alpha value is -1.75. The van der Waals surface area contributed by atoms with Crippen LogP contribution in [0.15, 0.2) is 24.3 Å². The molecule has 0 saturated carbocycles. The average molecular weight is 298 g/mol. The number of carboxylic acids is 1. The Morgan fingerprint density at radius 2 is 2.25 bits per heavy atom. The lowest BCUT2D eigenvalue weighted by molar-refractivity contribution is -0.149. The Morgan fingerprint density at radius 3 is 2.90 bits per heavy atom. The van der Waals surface area contributed by atoms with E-state index < -0.39 is 11.9 Å². The normalized spacial score (nSPS) is 19.7. The van der Waals surface area contributed by atoms with Gasteiger partial charge >= 0.3 is 5.97 Å². The average Bonchev–Trinajstić information content (AvgIpc) is 2.85. The SMILES string of the molecule is CC(C(=O)O)C(=O)N1CCC(Oc2cccc(Cl)c2)C1. The third-order valence-electron chi connectivity index (χ3n) is 3.30. The number of carboxylic acid groups (broad SMARTS) is 1. The van der Waals surface area contributed by atoms with Gasteiger partial charge in [0, 0.05) is 18.0 Å². The van der Waals surface area contributed by atoms with Crippen LogP contribution in [-0.2, 0) is 9.59 Å². The molecule has 1 aromatic rings. The molecule has 0 aliphatic carbocycles. The summed E-state index contributed by atoms with van der Waals surface area (Å²) in [6.07, 6.45) is 0.559. The third kappa shape index (κ3) is 3.42. The van der Waals surface area contributed by atoms with Crippen LogP contribution in [0.5, 0.6) is 5.75 Å². The monoisotopic (exact) mass is 297 g/mol. The van der Waals surface area contributed by atoms with E-state index in [2.05, 4.69) is 0 Å². The van der Waals surface area contributed by atoms with Crippen molar-refractivity contribution in [3.05, 3.63) is 29.3 Å². The maximum Gasteiger partial charge on any atom is 0.315 e. The third-order valence-corrected chi connectivity index (χ3v) is 3.53. The summed E-state index contributed by atoms with van der Waals surface area (Å²) in [7, 11) is 0. The van der Waals surface area contributed by atoms with Crippen LogP contribution in [-0.4, -0.2) is 41.1 Å². The van der Waals surface area contributed by atoms with E-state index in [0.717, 1.165) is 0 Å². The Labute approximate surface area is 122 Å². The molecule has 1 aromatic carbocycles. The second-order valence-electron chi connectivity index (χ2n) is 4.83. The quantitative estimate of drug-likeness (QED) is 0.864. The number of likely N-dealkylation sites (tertiary alicyclic amines) is 1. The van der Waals surface area contributed by atoms with E-state index in [9.17, 15) is 9.59 Å². The number of halogens is 1. The predicted octanol–water partition coefficient (Wildman–Crippen LogP) is 2.04. The minimum absolute atomic E-state index is 0.126. The van der Waals surface area contributed by atoms with Crippen molar-refractivity contribution in [1.82, 2.24) is 4.90 Å². The zero-order valence-electron chi connectivity index (χ0n) is 11.1. The molecule has 1 aliphatic rings. The van der Waals surface area contributed by atoms with Crippen LogP contribution in [0.3, 0.4) is 0 Å². The smallest absolute Gasteiger partial charge is 0.315 e. The Bertz CT molecular complexity index is 520. The van der Waals surface area contributed by atoms with Gasteiger partial charge in [0.2, 0.25) is 5.91 Å². The first kappa shape index (κ1) is 14.7. The van der Waals surface area contributed by atoms with E-state index in [0.29, 0.717) is 30.3 Å². The van der Waals surface area contributed by atoms with Crippen LogP contribution >= 0.6 is 11.6 Å². The minimum atomic E-state index is -1.10. The zero-order valence-corrected chi connectivity index (χ0v) is 11.8. The van der Waals surface area contributed by atoms with Gasteiger partial charge in [-0.1, -0.05) is 17.7 Å². The van der Waals surface area contributed by atoms with Gasteiger partial charge in [-0.2, -0.15) is 0 Å². The molecule has 0 aromatic heterocycles. The summed E-state index contributed by atoms with van der Waals surface area (Å²) in [6, 6.07) is 7.07. The Morgan fingerprint density at radius 1 is 1.50 bits per heavy atom. The number of aliphatic carboxylic acids is 1. The summed E-state index contributed by atoms with van der Waals surface area (Å²) >= 11 is 5.88. The largest absolute Gasteiger partial charge is 0.488 e. The fraction of sp³-hybridized carbons (Fsp3) is 0.429. The van der Waals surface area contributed by atoms with Gasteiger partial charge in [-0.25, -0.2) is 0 Å². The van der Waals surface area contributed by atoms with Gasteiger partial charge in [0.1, 0.15) is 17.8 Å². The van der Waals surface area contributed by atoms with Gasteiger partial charge in [0.05, 0.1) is 6.54 Å². The van der Waals surface area contributed by atoms with E-state index in [1.807, 2.05) is 0 Å². The van der Waals surface area contributed by atoms with Crippen LogP contribution < -0.4 is 4.74 Å². The standard InChI is InChI=1S/C14H16ClNO4/c1-9(14(18)19)13(17)16-6-5-12(8-16)20-11-4-2-3-10(15)7-11/h2-4,7,9,12H,5-6,8H2,1H3,(H,18,19). The van der Waals surface area contributed by atoms with E-state index >= 15 is 0 Å². The number of hydrogen-bond acceptors (Lipinski definition) is 3. The van der Waals surface area contributed by atoms with E-state index in [-0.39, 0.29) is 12.0 Å². The summed E-state index contributed by atoms with van der Waals surface area (Å²) in [6.45, 7) is 2.32. The number of ether oxygens (including phenoxy) is 1.